The van der Waals surface area contributed by atoms with Crippen molar-refractivity contribution in [1.82, 2.24) is 5.32 Å². The zero-order chi connectivity index (χ0) is 14.5. The number of nitrogens with one attached hydrogen (secondary N) is 1. The van der Waals surface area contributed by atoms with E-state index in [-0.39, 0.29) is 12.1 Å². The van der Waals surface area contributed by atoms with Crippen molar-refractivity contribution in [3.05, 3.63) is 35.4 Å². The molecule has 1 amide bonds. The second kappa shape index (κ2) is 6.19. The first kappa shape index (κ1) is 15.0. The van der Waals surface area contributed by atoms with Crippen LogP contribution in [0.5, 0.6) is 0 Å². The first-order valence-electron chi connectivity index (χ1n) is 5.68. The molecule has 0 radical (unpaired) electrons. The summed E-state index contributed by atoms with van der Waals surface area (Å²) in [5.74, 6) is 3.74. The highest BCUT2D eigenvalue weighted by Crippen LogP contribution is 2.07. The summed E-state index contributed by atoms with van der Waals surface area (Å²) in [6, 6.07) is 3.00. The molecule has 1 aromatic carbocycles. The van der Waals surface area contributed by atoms with Gasteiger partial charge in [-0.25, -0.2) is 13.6 Å². The number of benzene rings is 1. The third-order valence-corrected chi connectivity index (χ3v) is 1.82. The van der Waals surface area contributed by atoms with Crippen LogP contribution in [0.3, 0.4) is 0 Å². The molecule has 19 heavy (non-hydrogen) atoms. The van der Waals surface area contributed by atoms with Gasteiger partial charge >= 0.3 is 6.09 Å². The Morgan fingerprint density at radius 1 is 1.26 bits per heavy atom. The SMILES string of the molecule is CC(C)(C)OC(=O)NCC#Cc1cc(F)cc(F)c1. The highest BCUT2D eigenvalue weighted by molar-refractivity contribution is 5.68. The zero-order valence-electron chi connectivity index (χ0n) is 11.0. The minimum atomic E-state index is -0.690. The summed E-state index contributed by atoms with van der Waals surface area (Å²) in [5, 5.41) is 2.42. The molecule has 0 aromatic heterocycles. The number of hydrogen-bond donors (Lipinski definition) is 1. The van der Waals surface area contributed by atoms with Crippen molar-refractivity contribution in [1.29, 1.82) is 0 Å². The highest BCUT2D eigenvalue weighted by atomic mass is 19.1. The lowest BCUT2D eigenvalue weighted by Gasteiger charge is -2.18. The van der Waals surface area contributed by atoms with Crippen LogP contribution in [0.15, 0.2) is 18.2 Å². The summed E-state index contributed by atoms with van der Waals surface area (Å²) in [5.41, 5.74) is -0.369. The summed E-state index contributed by atoms with van der Waals surface area (Å²) < 4.78 is 30.7. The van der Waals surface area contributed by atoms with Crippen LogP contribution in [0, 0.1) is 23.5 Å². The number of carbonyl (C=O) groups excluding carboxylic acids is 1. The van der Waals surface area contributed by atoms with Gasteiger partial charge in [0.1, 0.15) is 17.2 Å². The molecule has 5 heteroatoms. The van der Waals surface area contributed by atoms with Crippen LogP contribution >= 0.6 is 0 Å². The third-order valence-electron chi connectivity index (χ3n) is 1.82. The Bertz CT molecular complexity index is 504. The Kier molecular flexibility index (Phi) is 4.87. The Balaban J connectivity index is 2.50. The van der Waals surface area contributed by atoms with Crippen LogP contribution in [0.2, 0.25) is 0 Å². The van der Waals surface area contributed by atoms with E-state index in [1.807, 2.05) is 0 Å². The Labute approximate surface area is 111 Å². The van der Waals surface area contributed by atoms with Crippen molar-refractivity contribution in [3.8, 4) is 11.8 Å². The lowest BCUT2D eigenvalue weighted by Crippen LogP contribution is -2.32. The predicted octanol–water partition coefficient (Wildman–Crippen LogP) is 2.84. The molecule has 1 aromatic rings. The molecule has 0 aliphatic rings. The molecule has 0 atom stereocenters. The van der Waals surface area contributed by atoms with Gasteiger partial charge in [-0.2, -0.15) is 0 Å². The quantitative estimate of drug-likeness (QED) is 0.795. The monoisotopic (exact) mass is 267 g/mol. The Morgan fingerprint density at radius 2 is 1.84 bits per heavy atom. The maximum Gasteiger partial charge on any atom is 0.408 e. The van der Waals surface area contributed by atoms with E-state index in [1.165, 1.54) is 0 Å². The molecule has 1 rings (SSSR count). The summed E-state index contributed by atoms with van der Waals surface area (Å²) in [7, 11) is 0. The molecule has 0 saturated heterocycles. The van der Waals surface area contributed by atoms with Crippen LogP contribution in [0.4, 0.5) is 13.6 Å². The number of hydrogen-bond acceptors (Lipinski definition) is 2. The van der Waals surface area contributed by atoms with Gasteiger partial charge in [0, 0.05) is 11.6 Å². The van der Waals surface area contributed by atoms with Crippen LogP contribution in [-0.4, -0.2) is 18.2 Å². The average molecular weight is 267 g/mol. The van der Waals surface area contributed by atoms with E-state index >= 15 is 0 Å². The van der Waals surface area contributed by atoms with Crippen molar-refractivity contribution in [3.63, 3.8) is 0 Å². The summed E-state index contributed by atoms with van der Waals surface area (Å²) in [6.45, 7) is 5.27. The van der Waals surface area contributed by atoms with Crippen molar-refractivity contribution in [2.24, 2.45) is 0 Å². The van der Waals surface area contributed by atoms with E-state index in [0.717, 1.165) is 18.2 Å². The normalized spacial score (nSPS) is 10.4. The minimum Gasteiger partial charge on any atom is -0.444 e. The molecule has 102 valence electrons. The van der Waals surface area contributed by atoms with E-state index < -0.39 is 23.3 Å². The zero-order valence-corrected chi connectivity index (χ0v) is 11.0. The number of alkyl carbamates (subject to hydrolysis) is 1. The fourth-order valence-electron chi connectivity index (χ4n) is 1.20. The smallest absolute Gasteiger partial charge is 0.408 e. The van der Waals surface area contributed by atoms with E-state index in [0.29, 0.717) is 0 Å². The van der Waals surface area contributed by atoms with Gasteiger partial charge in [0.05, 0.1) is 6.54 Å². The number of rotatable bonds is 1. The largest absolute Gasteiger partial charge is 0.444 e. The second-order valence-corrected chi connectivity index (χ2v) is 4.82. The summed E-state index contributed by atoms with van der Waals surface area (Å²) >= 11 is 0. The average Bonchev–Trinajstić information content (AvgIpc) is 2.20. The highest BCUT2D eigenvalue weighted by Gasteiger charge is 2.14. The van der Waals surface area contributed by atoms with Crippen LogP contribution in [-0.2, 0) is 4.74 Å². The van der Waals surface area contributed by atoms with Gasteiger partial charge in [0.15, 0.2) is 0 Å². The Hall–Kier alpha value is -2.09. The van der Waals surface area contributed by atoms with Crippen molar-refractivity contribution >= 4 is 6.09 Å². The van der Waals surface area contributed by atoms with E-state index in [1.54, 1.807) is 20.8 Å². The topological polar surface area (TPSA) is 38.3 Å². The molecular formula is C14H15F2NO2. The maximum absolute atomic E-state index is 12.9. The molecule has 0 bridgehead atoms. The number of carbonyl (C=O) groups is 1. The van der Waals surface area contributed by atoms with Crippen molar-refractivity contribution in [2.75, 3.05) is 6.54 Å². The molecule has 0 unspecified atom stereocenters. The van der Waals surface area contributed by atoms with Gasteiger partial charge in [-0.1, -0.05) is 11.8 Å². The van der Waals surface area contributed by atoms with E-state index in [2.05, 4.69) is 17.2 Å². The standard InChI is InChI=1S/C14H15F2NO2/c1-14(2,3)19-13(18)17-6-4-5-10-7-11(15)9-12(16)8-10/h7-9H,6H2,1-3H3,(H,17,18). The fourth-order valence-corrected chi connectivity index (χ4v) is 1.20. The first-order chi connectivity index (χ1) is 8.76. The molecule has 0 saturated carbocycles. The van der Waals surface area contributed by atoms with Gasteiger partial charge in [-0.05, 0) is 32.9 Å². The van der Waals surface area contributed by atoms with Crippen LogP contribution in [0.25, 0.3) is 0 Å². The lowest BCUT2D eigenvalue weighted by atomic mass is 10.2. The van der Waals surface area contributed by atoms with Gasteiger partial charge in [0.2, 0.25) is 0 Å². The van der Waals surface area contributed by atoms with E-state index in [9.17, 15) is 13.6 Å². The molecule has 0 fully saturated rings. The molecule has 0 spiro atoms. The molecule has 0 aliphatic carbocycles. The van der Waals surface area contributed by atoms with Crippen LogP contribution in [0.1, 0.15) is 26.3 Å². The number of halogens is 2. The third kappa shape index (κ3) is 6.41. The molecule has 0 heterocycles. The minimum absolute atomic E-state index is 0.0348. The molecular weight excluding hydrogens is 252 g/mol. The molecule has 3 nitrogen and oxygen atoms in total. The fraction of sp³-hybridized carbons (Fsp3) is 0.357. The van der Waals surface area contributed by atoms with Gasteiger partial charge in [-0.3, -0.25) is 0 Å². The van der Waals surface area contributed by atoms with E-state index in [4.69, 9.17) is 4.74 Å². The van der Waals surface area contributed by atoms with Gasteiger partial charge < -0.3 is 10.1 Å². The van der Waals surface area contributed by atoms with Crippen molar-refractivity contribution in [2.45, 2.75) is 26.4 Å². The predicted molar refractivity (Wildman–Crippen MR) is 67.5 cm³/mol. The summed E-state index contributed by atoms with van der Waals surface area (Å²) in [4.78, 5) is 11.3. The van der Waals surface area contributed by atoms with Gasteiger partial charge in [0.25, 0.3) is 0 Å². The Morgan fingerprint density at radius 3 is 2.37 bits per heavy atom. The lowest BCUT2D eigenvalue weighted by molar-refractivity contribution is 0.0535. The number of ether oxygens (including phenoxy) is 1. The molecule has 0 aliphatic heterocycles. The first-order valence-corrected chi connectivity index (χ1v) is 5.68. The molecule has 1 N–H and O–H groups in total. The maximum atomic E-state index is 12.9. The van der Waals surface area contributed by atoms with Gasteiger partial charge in [-0.15, -0.1) is 0 Å². The second-order valence-electron chi connectivity index (χ2n) is 4.82. The number of amides is 1. The van der Waals surface area contributed by atoms with Crippen LogP contribution < -0.4 is 5.32 Å². The van der Waals surface area contributed by atoms with Crippen molar-refractivity contribution < 1.29 is 18.3 Å². The summed E-state index contributed by atoms with van der Waals surface area (Å²) in [6.07, 6.45) is -0.591.